The molecule has 74 valence electrons. The molecule has 4 nitrogen and oxygen atoms in total. The maximum Gasteiger partial charge on any atom is 0.242 e. The van der Waals surface area contributed by atoms with Gasteiger partial charge in [-0.1, -0.05) is 6.92 Å². The van der Waals surface area contributed by atoms with Gasteiger partial charge >= 0.3 is 0 Å². The van der Waals surface area contributed by atoms with Crippen LogP contribution in [0.3, 0.4) is 0 Å². The van der Waals surface area contributed by atoms with Crippen LogP contribution in [0, 0.1) is 11.8 Å². The monoisotopic (exact) mass is 184 g/mol. The molecule has 0 heterocycles. The van der Waals surface area contributed by atoms with Gasteiger partial charge in [-0.2, -0.15) is 0 Å². The first-order valence-electron chi connectivity index (χ1n) is 4.58. The molecule has 4 heteroatoms. The van der Waals surface area contributed by atoms with Crippen LogP contribution in [0.4, 0.5) is 0 Å². The van der Waals surface area contributed by atoms with Crippen LogP contribution in [0.15, 0.2) is 0 Å². The highest BCUT2D eigenvalue weighted by molar-refractivity contribution is 5.89. The normalized spacial score (nSPS) is 27.6. The van der Waals surface area contributed by atoms with Crippen molar-refractivity contribution in [1.82, 2.24) is 10.6 Å². The lowest BCUT2D eigenvalue weighted by Gasteiger charge is -2.11. The van der Waals surface area contributed by atoms with E-state index in [4.69, 9.17) is 0 Å². The summed E-state index contributed by atoms with van der Waals surface area (Å²) in [5.74, 6) is 0.467. The molecule has 1 saturated carbocycles. The van der Waals surface area contributed by atoms with Gasteiger partial charge in [0.25, 0.3) is 0 Å². The Morgan fingerprint density at radius 3 is 2.38 bits per heavy atom. The van der Waals surface area contributed by atoms with Gasteiger partial charge in [0.05, 0.1) is 0 Å². The summed E-state index contributed by atoms with van der Waals surface area (Å²) in [6.45, 7) is 3.72. The van der Waals surface area contributed by atoms with Crippen molar-refractivity contribution < 1.29 is 9.59 Å². The fourth-order valence-electron chi connectivity index (χ4n) is 1.29. The zero-order valence-corrected chi connectivity index (χ0v) is 8.26. The quantitative estimate of drug-likeness (QED) is 0.643. The van der Waals surface area contributed by atoms with Crippen molar-refractivity contribution in [3.05, 3.63) is 0 Å². The first kappa shape index (κ1) is 10.0. The second kappa shape index (κ2) is 3.77. The van der Waals surface area contributed by atoms with E-state index >= 15 is 0 Å². The summed E-state index contributed by atoms with van der Waals surface area (Å²) in [7, 11) is 1.56. The van der Waals surface area contributed by atoms with E-state index in [1.807, 2.05) is 6.92 Å². The number of rotatable bonds is 3. The Hall–Kier alpha value is -1.06. The SMILES string of the molecule is CNC(=O)C(C)NC(=O)[C@H]1C[C@@H]1C. The summed E-state index contributed by atoms with van der Waals surface area (Å²) < 4.78 is 0. The zero-order chi connectivity index (χ0) is 10.0. The molecule has 0 aromatic heterocycles. The molecule has 0 spiro atoms. The van der Waals surface area contributed by atoms with Crippen molar-refractivity contribution >= 4 is 11.8 Å². The molecule has 0 aromatic rings. The summed E-state index contributed by atoms with van der Waals surface area (Å²) in [6.07, 6.45) is 0.951. The topological polar surface area (TPSA) is 58.2 Å². The number of amides is 2. The summed E-state index contributed by atoms with van der Waals surface area (Å²) in [5, 5.41) is 5.16. The number of hydrogen-bond donors (Lipinski definition) is 2. The molecule has 1 rings (SSSR count). The van der Waals surface area contributed by atoms with Gasteiger partial charge in [-0.25, -0.2) is 0 Å². The number of carbonyl (C=O) groups excluding carboxylic acids is 2. The van der Waals surface area contributed by atoms with E-state index in [0.29, 0.717) is 5.92 Å². The average Bonchev–Trinajstić information content (AvgIpc) is 2.81. The number of likely N-dealkylation sites (N-methyl/N-ethyl adjacent to an activating group) is 1. The third-order valence-electron chi connectivity index (χ3n) is 2.44. The Morgan fingerprint density at radius 2 is 2.00 bits per heavy atom. The zero-order valence-electron chi connectivity index (χ0n) is 8.26. The molecule has 1 fully saturated rings. The third-order valence-corrected chi connectivity index (χ3v) is 2.44. The highest BCUT2D eigenvalue weighted by Crippen LogP contribution is 2.37. The van der Waals surface area contributed by atoms with Crippen molar-refractivity contribution in [3.63, 3.8) is 0 Å². The van der Waals surface area contributed by atoms with E-state index in [1.54, 1.807) is 14.0 Å². The third kappa shape index (κ3) is 2.44. The second-order valence-electron chi connectivity index (χ2n) is 3.66. The molecule has 1 aliphatic carbocycles. The number of carbonyl (C=O) groups is 2. The lowest BCUT2D eigenvalue weighted by Crippen LogP contribution is -2.44. The van der Waals surface area contributed by atoms with Gasteiger partial charge in [0, 0.05) is 13.0 Å². The van der Waals surface area contributed by atoms with Crippen molar-refractivity contribution in [2.75, 3.05) is 7.05 Å². The molecule has 2 N–H and O–H groups in total. The predicted octanol–water partition coefficient (Wildman–Crippen LogP) is -0.107. The van der Waals surface area contributed by atoms with E-state index in [-0.39, 0.29) is 17.7 Å². The van der Waals surface area contributed by atoms with Crippen LogP contribution in [0.5, 0.6) is 0 Å². The summed E-state index contributed by atoms with van der Waals surface area (Å²) >= 11 is 0. The van der Waals surface area contributed by atoms with Crippen LogP contribution >= 0.6 is 0 Å². The maximum absolute atomic E-state index is 11.4. The standard InChI is InChI=1S/C9H16N2O2/c1-5-4-7(5)9(13)11-6(2)8(12)10-3/h5-7H,4H2,1-3H3,(H,10,12)(H,11,13)/t5-,6?,7-/m0/s1. The summed E-state index contributed by atoms with van der Waals surface area (Å²) in [5.41, 5.74) is 0. The fourth-order valence-corrected chi connectivity index (χ4v) is 1.29. The van der Waals surface area contributed by atoms with Gasteiger partial charge in [0.1, 0.15) is 6.04 Å². The minimum absolute atomic E-state index is 0.00333. The molecule has 2 amide bonds. The van der Waals surface area contributed by atoms with Crippen LogP contribution in [-0.4, -0.2) is 24.9 Å². The molecule has 0 bridgehead atoms. The molecule has 1 aliphatic rings. The van der Waals surface area contributed by atoms with Gasteiger partial charge in [-0.15, -0.1) is 0 Å². The van der Waals surface area contributed by atoms with Gasteiger partial charge < -0.3 is 10.6 Å². The average molecular weight is 184 g/mol. The van der Waals surface area contributed by atoms with E-state index in [9.17, 15) is 9.59 Å². The molecule has 0 aliphatic heterocycles. The van der Waals surface area contributed by atoms with Crippen LogP contribution in [0.25, 0.3) is 0 Å². The lowest BCUT2D eigenvalue weighted by atomic mass is 10.2. The van der Waals surface area contributed by atoms with E-state index in [1.165, 1.54) is 0 Å². The Labute approximate surface area is 78.1 Å². The number of hydrogen-bond acceptors (Lipinski definition) is 2. The van der Waals surface area contributed by atoms with Crippen LogP contribution in [0.2, 0.25) is 0 Å². The van der Waals surface area contributed by atoms with Crippen molar-refractivity contribution in [3.8, 4) is 0 Å². The minimum atomic E-state index is -0.426. The Morgan fingerprint density at radius 1 is 1.46 bits per heavy atom. The molecule has 0 saturated heterocycles. The molecule has 0 radical (unpaired) electrons. The van der Waals surface area contributed by atoms with Crippen LogP contribution < -0.4 is 10.6 Å². The highest BCUT2D eigenvalue weighted by Gasteiger charge is 2.39. The van der Waals surface area contributed by atoms with E-state index in [0.717, 1.165) is 6.42 Å². The van der Waals surface area contributed by atoms with Crippen LogP contribution in [0.1, 0.15) is 20.3 Å². The molecular weight excluding hydrogens is 168 g/mol. The Balaban J connectivity index is 2.31. The number of nitrogens with one attached hydrogen (secondary N) is 2. The van der Waals surface area contributed by atoms with E-state index < -0.39 is 6.04 Å². The second-order valence-corrected chi connectivity index (χ2v) is 3.66. The largest absolute Gasteiger partial charge is 0.357 e. The first-order valence-corrected chi connectivity index (χ1v) is 4.58. The van der Waals surface area contributed by atoms with Gasteiger partial charge in [0.2, 0.25) is 11.8 Å². The van der Waals surface area contributed by atoms with Crippen molar-refractivity contribution in [1.29, 1.82) is 0 Å². The first-order chi connectivity index (χ1) is 6.06. The van der Waals surface area contributed by atoms with E-state index in [2.05, 4.69) is 10.6 Å². The van der Waals surface area contributed by atoms with Gasteiger partial charge in [0.15, 0.2) is 0 Å². The van der Waals surface area contributed by atoms with Crippen LogP contribution in [-0.2, 0) is 9.59 Å². The Bertz CT molecular complexity index is 228. The van der Waals surface area contributed by atoms with Crippen molar-refractivity contribution in [2.24, 2.45) is 11.8 Å². The molecular formula is C9H16N2O2. The minimum Gasteiger partial charge on any atom is -0.357 e. The highest BCUT2D eigenvalue weighted by atomic mass is 16.2. The lowest BCUT2D eigenvalue weighted by molar-refractivity contribution is -0.129. The van der Waals surface area contributed by atoms with Gasteiger partial charge in [-0.3, -0.25) is 9.59 Å². The maximum atomic E-state index is 11.4. The molecule has 13 heavy (non-hydrogen) atoms. The predicted molar refractivity (Wildman–Crippen MR) is 48.9 cm³/mol. The molecule has 3 atom stereocenters. The summed E-state index contributed by atoms with van der Waals surface area (Å²) in [6, 6.07) is -0.426. The smallest absolute Gasteiger partial charge is 0.242 e. The summed E-state index contributed by atoms with van der Waals surface area (Å²) in [4.78, 5) is 22.4. The molecule has 0 aromatic carbocycles. The van der Waals surface area contributed by atoms with Crippen molar-refractivity contribution in [2.45, 2.75) is 26.3 Å². The van der Waals surface area contributed by atoms with Gasteiger partial charge in [-0.05, 0) is 19.3 Å². The Kier molecular flexibility index (Phi) is 2.90. The fraction of sp³-hybridized carbons (Fsp3) is 0.778. The molecule has 1 unspecified atom stereocenters.